The van der Waals surface area contributed by atoms with Gasteiger partial charge in [-0.3, -0.25) is 0 Å². The van der Waals surface area contributed by atoms with E-state index in [1.54, 1.807) is 7.11 Å². The Hall–Kier alpha value is -2.27. The Kier molecular flexibility index (Phi) is 7.07. The van der Waals surface area contributed by atoms with Crippen molar-refractivity contribution in [2.45, 2.75) is 40.3 Å². The van der Waals surface area contributed by atoms with Crippen LogP contribution in [0.5, 0.6) is 0 Å². The Morgan fingerprint density at radius 2 is 1.88 bits per heavy atom. The number of aryl methyl sites for hydroxylation is 3. The highest BCUT2D eigenvalue weighted by Crippen LogP contribution is 2.18. The van der Waals surface area contributed by atoms with Gasteiger partial charge in [-0.25, -0.2) is 4.79 Å². The summed E-state index contributed by atoms with van der Waals surface area (Å²) in [7, 11) is 1.66. The molecule has 0 saturated heterocycles. The predicted molar refractivity (Wildman–Crippen MR) is 101 cm³/mol. The Labute approximate surface area is 150 Å². The molecule has 0 aliphatic rings. The smallest absolute Gasteiger partial charge is 0.315 e. The van der Waals surface area contributed by atoms with Gasteiger partial charge in [-0.05, 0) is 56.0 Å². The highest BCUT2D eigenvalue weighted by Gasteiger charge is 2.08. The maximum Gasteiger partial charge on any atom is 0.315 e. The summed E-state index contributed by atoms with van der Waals surface area (Å²) in [4.78, 5) is 11.8. The van der Waals surface area contributed by atoms with Crippen molar-refractivity contribution in [2.24, 2.45) is 0 Å². The largest absolute Gasteiger partial charge is 0.385 e. The van der Waals surface area contributed by atoms with Crippen molar-refractivity contribution < 1.29 is 9.53 Å². The van der Waals surface area contributed by atoms with Gasteiger partial charge in [0, 0.05) is 38.7 Å². The summed E-state index contributed by atoms with van der Waals surface area (Å²) in [6.07, 6.45) is 2.87. The molecule has 1 aromatic carbocycles. The van der Waals surface area contributed by atoms with Crippen molar-refractivity contribution in [1.82, 2.24) is 15.2 Å². The molecule has 2 amide bonds. The summed E-state index contributed by atoms with van der Waals surface area (Å²) >= 11 is 0. The lowest BCUT2D eigenvalue weighted by atomic mass is 10.00. The van der Waals surface area contributed by atoms with E-state index in [-0.39, 0.29) is 6.03 Å². The van der Waals surface area contributed by atoms with Crippen LogP contribution in [-0.4, -0.2) is 30.9 Å². The van der Waals surface area contributed by atoms with E-state index < -0.39 is 0 Å². The Morgan fingerprint density at radius 3 is 2.56 bits per heavy atom. The third kappa shape index (κ3) is 5.64. The highest BCUT2D eigenvalue weighted by molar-refractivity contribution is 5.73. The number of nitrogens with zero attached hydrogens (tertiary/aromatic N) is 1. The van der Waals surface area contributed by atoms with Gasteiger partial charge in [0.25, 0.3) is 0 Å². The minimum Gasteiger partial charge on any atom is -0.385 e. The standard InChI is InChI=1S/C20H29N3O2/c1-15-11-16(2)19(17(3)12-15)14-23-9-5-7-18(23)13-22-20(24)21-8-6-10-25-4/h5,7,9,11-12H,6,8,10,13-14H2,1-4H3,(H2,21,22,24). The molecule has 0 atom stereocenters. The number of carbonyl (C=O) groups is 1. The number of carbonyl (C=O) groups excluding carboxylic acids is 1. The molecular weight excluding hydrogens is 314 g/mol. The van der Waals surface area contributed by atoms with E-state index in [4.69, 9.17) is 4.74 Å². The van der Waals surface area contributed by atoms with Crippen LogP contribution in [-0.2, 0) is 17.8 Å². The van der Waals surface area contributed by atoms with E-state index in [0.717, 1.165) is 18.7 Å². The Morgan fingerprint density at radius 1 is 1.16 bits per heavy atom. The van der Waals surface area contributed by atoms with Gasteiger partial charge < -0.3 is 19.9 Å². The average molecular weight is 343 g/mol. The van der Waals surface area contributed by atoms with Crippen molar-refractivity contribution in [1.29, 1.82) is 0 Å². The molecule has 2 rings (SSSR count). The zero-order valence-corrected chi connectivity index (χ0v) is 15.7. The number of benzene rings is 1. The molecule has 25 heavy (non-hydrogen) atoms. The third-order valence-corrected chi connectivity index (χ3v) is 4.33. The number of ether oxygens (including phenoxy) is 1. The first-order valence-electron chi connectivity index (χ1n) is 8.72. The molecule has 1 heterocycles. The van der Waals surface area contributed by atoms with Crippen molar-refractivity contribution in [3.63, 3.8) is 0 Å². The van der Waals surface area contributed by atoms with E-state index in [1.807, 2.05) is 12.1 Å². The van der Waals surface area contributed by atoms with Gasteiger partial charge in [0.15, 0.2) is 0 Å². The zero-order chi connectivity index (χ0) is 18.2. The molecule has 0 spiro atoms. The fraction of sp³-hybridized carbons (Fsp3) is 0.450. The van der Waals surface area contributed by atoms with Gasteiger partial charge >= 0.3 is 6.03 Å². The quantitative estimate of drug-likeness (QED) is 0.723. The van der Waals surface area contributed by atoms with Crippen LogP contribution in [0, 0.1) is 20.8 Å². The normalized spacial score (nSPS) is 10.7. The summed E-state index contributed by atoms with van der Waals surface area (Å²) in [5, 5.41) is 5.75. The first kappa shape index (κ1) is 19.1. The summed E-state index contributed by atoms with van der Waals surface area (Å²) in [6.45, 7) is 9.03. The van der Waals surface area contributed by atoms with E-state index >= 15 is 0 Å². The second-order valence-corrected chi connectivity index (χ2v) is 6.46. The van der Waals surface area contributed by atoms with E-state index in [0.29, 0.717) is 19.7 Å². The van der Waals surface area contributed by atoms with Crippen LogP contribution >= 0.6 is 0 Å². The lowest BCUT2D eigenvalue weighted by molar-refractivity contribution is 0.193. The molecule has 0 unspecified atom stereocenters. The molecule has 2 N–H and O–H groups in total. The van der Waals surface area contributed by atoms with Gasteiger partial charge in [0.2, 0.25) is 0 Å². The van der Waals surface area contributed by atoms with Gasteiger partial charge in [0.1, 0.15) is 0 Å². The van der Waals surface area contributed by atoms with Crippen LogP contribution in [0.4, 0.5) is 4.79 Å². The Bertz CT molecular complexity index is 684. The van der Waals surface area contributed by atoms with Gasteiger partial charge in [-0.2, -0.15) is 0 Å². The molecule has 0 radical (unpaired) electrons. The minimum absolute atomic E-state index is 0.147. The molecule has 0 fully saturated rings. The van der Waals surface area contributed by atoms with Gasteiger partial charge in [-0.15, -0.1) is 0 Å². The highest BCUT2D eigenvalue weighted by atomic mass is 16.5. The number of hydrogen-bond acceptors (Lipinski definition) is 2. The van der Waals surface area contributed by atoms with Crippen LogP contribution in [0.3, 0.4) is 0 Å². The molecule has 0 aliphatic heterocycles. The maximum atomic E-state index is 11.8. The summed E-state index contributed by atoms with van der Waals surface area (Å²) in [5.74, 6) is 0. The topological polar surface area (TPSA) is 55.3 Å². The molecule has 0 aliphatic carbocycles. The molecule has 0 saturated carbocycles. The fourth-order valence-electron chi connectivity index (χ4n) is 3.05. The molecule has 1 aromatic heterocycles. The lowest BCUT2D eigenvalue weighted by Gasteiger charge is -2.15. The lowest BCUT2D eigenvalue weighted by Crippen LogP contribution is -2.36. The summed E-state index contributed by atoms with van der Waals surface area (Å²) < 4.78 is 7.16. The summed E-state index contributed by atoms with van der Waals surface area (Å²) in [6, 6.07) is 8.36. The van der Waals surface area contributed by atoms with E-state index in [9.17, 15) is 4.79 Å². The Balaban J connectivity index is 1.93. The first-order valence-corrected chi connectivity index (χ1v) is 8.72. The SMILES string of the molecule is COCCCNC(=O)NCc1cccn1Cc1c(C)cc(C)cc1C. The number of aromatic nitrogens is 1. The van der Waals surface area contributed by atoms with Crippen molar-refractivity contribution in [3.8, 4) is 0 Å². The third-order valence-electron chi connectivity index (χ3n) is 4.33. The second kappa shape index (κ2) is 9.28. The van der Waals surface area contributed by atoms with Gasteiger partial charge in [-0.1, -0.05) is 17.7 Å². The molecule has 0 bridgehead atoms. The average Bonchev–Trinajstić information content (AvgIpc) is 3.00. The monoisotopic (exact) mass is 343 g/mol. The molecular formula is C20H29N3O2. The second-order valence-electron chi connectivity index (χ2n) is 6.46. The molecule has 5 heteroatoms. The van der Waals surface area contributed by atoms with Crippen molar-refractivity contribution in [3.05, 3.63) is 58.4 Å². The van der Waals surface area contributed by atoms with Crippen LogP contribution in [0.2, 0.25) is 0 Å². The minimum atomic E-state index is -0.147. The first-order chi connectivity index (χ1) is 12.0. The van der Waals surface area contributed by atoms with Crippen LogP contribution in [0.1, 0.15) is 34.4 Å². The van der Waals surface area contributed by atoms with E-state index in [2.05, 4.69) is 54.3 Å². The fourth-order valence-corrected chi connectivity index (χ4v) is 3.05. The van der Waals surface area contributed by atoms with Crippen LogP contribution in [0.15, 0.2) is 30.5 Å². The molecule has 2 aromatic rings. The molecule has 136 valence electrons. The number of methoxy groups -OCH3 is 1. The number of amides is 2. The predicted octanol–water partition coefficient (Wildman–Crippen LogP) is 3.30. The molecule has 5 nitrogen and oxygen atoms in total. The van der Waals surface area contributed by atoms with Crippen molar-refractivity contribution in [2.75, 3.05) is 20.3 Å². The van der Waals surface area contributed by atoms with Gasteiger partial charge in [0.05, 0.1) is 6.54 Å². The summed E-state index contributed by atoms with van der Waals surface area (Å²) in [5.41, 5.74) is 6.33. The zero-order valence-electron chi connectivity index (χ0n) is 15.7. The number of urea groups is 1. The van der Waals surface area contributed by atoms with Crippen LogP contribution in [0.25, 0.3) is 0 Å². The number of nitrogens with one attached hydrogen (secondary N) is 2. The number of hydrogen-bond donors (Lipinski definition) is 2. The number of rotatable bonds is 8. The van der Waals surface area contributed by atoms with Crippen molar-refractivity contribution >= 4 is 6.03 Å². The van der Waals surface area contributed by atoms with Crippen LogP contribution < -0.4 is 10.6 Å². The maximum absolute atomic E-state index is 11.8. The van der Waals surface area contributed by atoms with E-state index in [1.165, 1.54) is 22.3 Å².